The van der Waals surface area contributed by atoms with E-state index >= 15 is 0 Å². The summed E-state index contributed by atoms with van der Waals surface area (Å²) in [4.78, 5) is 27.7. The SMILES string of the molecule is CCNC(=O)C(c1ccc(C(=O)OCC)cc1)c1ccccc1N1CCc2ccccc2C1. The summed E-state index contributed by atoms with van der Waals surface area (Å²) < 4.78 is 5.10. The lowest BCUT2D eigenvalue weighted by molar-refractivity contribution is -0.121. The molecule has 0 bridgehead atoms. The number of hydrogen-bond acceptors (Lipinski definition) is 4. The van der Waals surface area contributed by atoms with Crippen molar-refractivity contribution in [3.8, 4) is 0 Å². The van der Waals surface area contributed by atoms with Crippen LogP contribution in [0.5, 0.6) is 0 Å². The van der Waals surface area contributed by atoms with Gasteiger partial charge >= 0.3 is 5.97 Å². The van der Waals surface area contributed by atoms with Crippen LogP contribution in [-0.4, -0.2) is 31.6 Å². The van der Waals surface area contributed by atoms with Gasteiger partial charge in [0.05, 0.1) is 18.1 Å². The Morgan fingerprint density at radius 2 is 1.64 bits per heavy atom. The van der Waals surface area contributed by atoms with Crippen molar-refractivity contribution < 1.29 is 14.3 Å². The molecule has 1 atom stereocenters. The Balaban J connectivity index is 1.71. The zero-order valence-electron chi connectivity index (χ0n) is 19.2. The number of anilines is 1. The van der Waals surface area contributed by atoms with Crippen LogP contribution in [0.3, 0.4) is 0 Å². The number of likely N-dealkylation sites (N-methyl/N-ethyl adjacent to an activating group) is 1. The second-order valence-corrected chi connectivity index (χ2v) is 8.17. The third kappa shape index (κ3) is 4.92. The van der Waals surface area contributed by atoms with Crippen LogP contribution in [-0.2, 0) is 22.5 Å². The van der Waals surface area contributed by atoms with Crippen LogP contribution in [0.1, 0.15) is 52.4 Å². The molecule has 0 saturated carbocycles. The van der Waals surface area contributed by atoms with E-state index < -0.39 is 5.92 Å². The van der Waals surface area contributed by atoms with Gasteiger partial charge < -0.3 is 15.0 Å². The van der Waals surface area contributed by atoms with Gasteiger partial charge in [-0.05, 0) is 60.7 Å². The molecule has 0 aliphatic carbocycles. The molecule has 0 radical (unpaired) electrons. The smallest absolute Gasteiger partial charge is 0.338 e. The zero-order chi connectivity index (χ0) is 23.2. The van der Waals surface area contributed by atoms with Crippen molar-refractivity contribution in [2.24, 2.45) is 0 Å². The number of carbonyl (C=O) groups is 2. The van der Waals surface area contributed by atoms with Crippen LogP contribution < -0.4 is 10.2 Å². The van der Waals surface area contributed by atoms with Crippen LogP contribution in [0, 0.1) is 0 Å². The van der Waals surface area contributed by atoms with E-state index in [0.29, 0.717) is 18.7 Å². The van der Waals surface area contributed by atoms with Crippen molar-refractivity contribution in [3.05, 3.63) is 101 Å². The Labute approximate surface area is 195 Å². The molecular formula is C28H30N2O3. The summed E-state index contributed by atoms with van der Waals surface area (Å²) in [5.74, 6) is -0.883. The molecule has 33 heavy (non-hydrogen) atoms. The molecule has 3 aromatic carbocycles. The largest absolute Gasteiger partial charge is 0.462 e. The first kappa shape index (κ1) is 22.6. The number of rotatable bonds is 7. The maximum absolute atomic E-state index is 13.3. The van der Waals surface area contributed by atoms with Gasteiger partial charge in [0, 0.05) is 25.3 Å². The number of ether oxygens (including phenoxy) is 1. The molecule has 1 aliphatic rings. The summed E-state index contributed by atoms with van der Waals surface area (Å²) in [5, 5.41) is 3.00. The van der Waals surface area contributed by atoms with Gasteiger partial charge in [-0.3, -0.25) is 4.79 Å². The van der Waals surface area contributed by atoms with Gasteiger partial charge in [-0.15, -0.1) is 0 Å². The fourth-order valence-electron chi connectivity index (χ4n) is 4.50. The molecule has 0 saturated heterocycles. The average Bonchev–Trinajstić information content (AvgIpc) is 2.85. The van der Waals surface area contributed by atoms with E-state index in [9.17, 15) is 9.59 Å². The molecule has 1 unspecified atom stereocenters. The predicted molar refractivity (Wildman–Crippen MR) is 131 cm³/mol. The van der Waals surface area contributed by atoms with Crippen molar-refractivity contribution in [1.82, 2.24) is 5.32 Å². The molecule has 3 aromatic rings. The Bertz CT molecular complexity index is 1120. The highest BCUT2D eigenvalue weighted by molar-refractivity contribution is 5.91. The van der Waals surface area contributed by atoms with Crippen LogP contribution in [0.4, 0.5) is 5.69 Å². The third-order valence-corrected chi connectivity index (χ3v) is 6.09. The van der Waals surface area contributed by atoms with Gasteiger partial charge in [0.15, 0.2) is 0 Å². The lowest BCUT2D eigenvalue weighted by Gasteiger charge is -2.33. The summed E-state index contributed by atoms with van der Waals surface area (Å²) in [6, 6.07) is 23.9. The average molecular weight is 443 g/mol. The van der Waals surface area contributed by atoms with Gasteiger partial charge in [0.2, 0.25) is 5.91 Å². The van der Waals surface area contributed by atoms with E-state index in [1.165, 1.54) is 11.1 Å². The van der Waals surface area contributed by atoms with E-state index in [4.69, 9.17) is 4.74 Å². The van der Waals surface area contributed by atoms with Crippen molar-refractivity contribution in [2.45, 2.75) is 32.7 Å². The summed E-state index contributed by atoms with van der Waals surface area (Å²) in [6.45, 7) is 6.30. The number of carbonyl (C=O) groups excluding carboxylic acids is 2. The topological polar surface area (TPSA) is 58.6 Å². The summed E-state index contributed by atoms with van der Waals surface area (Å²) in [7, 11) is 0. The quantitative estimate of drug-likeness (QED) is 0.539. The molecular weight excluding hydrogens is 412 g/mol. The Morgan fingerprint density at radius 3 is 2.36 bits per heavy atom. The highest BCUT2D eigenvalue weighted by Crippen LogP contribution is 2.35. The molecule has 170 valence electrons. The maximum atomic E-state index is 13.3. The molecule has 5 nitrogen and oxygen atoms in total. The lowest BCUT2D eigenvalue weighted by atomic mass is 9.87. The number of hydrogen-bond donors (Lipinski definition) is 1. The number of nitrogens with one attached hydrogen (secondary N) is 1. The molecule has 5 heteroatoms. The number of fused-ring (bicyclic) bond motifs is 1. The second-order valence-electron chi connectivity index (χ2n) is 8.17. The molecule has 1 amide bonds. The predicted octanol–water partition coefficient (Wildman–Crippen LogP) is 4.69. The third-order valence-electron chi connectivity index (χ3n) is 6.09. The summed E-state index contributed by atoms with van der Waals surface area (Å²) in [6.07, 6.45) is 0.977. The van der Waals surface area contributed by atoms with Crippen molar-refractivity contribution in [3.63, 3.8) is 0 Å². The number of esters is 1. The lowest BCUT2D eigenvalue weighted by Crippen LogP contribution is -2.34. The maximum Gasteiger partial charge on any atom is 0.338 e. The van der Waals surface area contributed by atoms with Crippen molar-refractivity contribution in [2.75, 3.05) is 24.6 Å². The van der Waals surface area contributed by atoms with Gasteiger partial charge in [-0.25, -0.2) is 4.79 Å². The Hall–Kier alpha value is -3.60. The fraction of sp³-hybridized carbons (Fsp3) is 0.286. The van der Waals surface area contributed by atoms with E-state index in [1.807, 2.05) is 37.3 Å². The van der Waals surface area contributed by atoms with Gasteiger partial charge in [-0.2, -0.15) is 0 Å². The second kappa shape index (κ2) is 10.3. The minimum atomic E-state index is -0.477. The number of para-hydroxylation sites is 1. The Morgan fingerprint density at radius 1 is 0.939 bits per heavy atom. The molecule has 0 aromatic heterocycles. The zero-order valence-corrected chi connectivity index (χ0v) is 19.2. The molecule has 1 N–H and O–H groups in total. The molecule has 1 heterocycles. The van der Waals surface area contributed by atoms with Crippen LogP contribution in [0.2, 0.25) is 0 Å². The number of benzene rings is 3. The summed E-state index contributed by atoms with van der Waals surface area (Å²) in [5.41, 5.74) is 6.08. The molecule has 0 spiro atoms. The normalized spacial score (nSPS) is 13.7. The van der Waals surface area contributed by atoms with Crippen molar-refractivity contribution >= 4 is 17.6 Å². The van der Waals surface area contributed by atoms with Crippen molar-refractivity contribution in [1.29, 1.82) is 0 Å². The van der Waals surface area contributed by atoms with Crippen LogP contribution >= 0.6 is 0 Å². The minimum absolute atomic E-state index is 0.0498. The standard InChI is InChI=1S/C28H30N2O3/c1-3-29-27(31)26(21-13-15-22(16-14-21)28(32)33-4-2)24-11-7-8-12-25(24)30-18-17-20-9-5-6-10-23(20)19-30/h5-16,26H,3-4,17-19H2,1-2H3,(H,29,31). The molecule has 1 aliphatic heterocycles. The first-order chi connectivity index (χ1) is 16.1. The van der Waals surface area contributed by atoms with E-state index in [1.54, 1.807) is 19.1 Å². The van der Waals surface area contributed by atoms with Gasteiger partial charge in [0.1, 0.15) is 0 Å². The summed E-state index contributed by atoms with van der Waals surface area (Å²) >= 11 is 0. The first-order valence-electron chi connectivity index (χ1n) is 11.6. The minimum Gasteiger partial charge on any atom is -0.462 e. The highest BCUT2D eigenvalue weighted by atomic mass is 16.5. The monoisotopic (exact) mass is 442 g/mol. The van der Waals surface area contributed by atoms with E-state index in [-0.39, 0.29) is 11.9 Å². The molecule has 0 fully saturated rings. The molecule has 4 rings (SSSR count). The Kier molecular flexibility index (Phi) is 7.08. The van der Waals surface area contributed by atoms with Crippen LogP contribution in [0.15, 0.2) is 72.8 Å². The van der Waals surface area contributed by atoms with Gasteiger partial charge in [-0.1, -0.05) is 54.6 Å². The number of amides is 1. The highest BCUT2D eigenvalue weighted by Gasteiger charge is 2.28. The van der Waals surface area contributed by atoms with E-state index in [2.05, 4.69) is 40.5 Å². The number of nitrogens with zero attached hydrogens (tertiary/aromatic N) is 1. The first-order valence-corrected chi connectivity index (χ1v) is 11.6. The van der Waals surface area contributed by atoms with Gasteiger partial charge in [0.25, 0.3) is 0 Å². The van der Waals surface area contributed by atoms with E-state index in [0.717, 1.165) is 36.3 Å². The van der Waals surface area contributed by atoms with Crippen LogP contribution in [0.25, 0.3) is 0 Å². The fourth-order valence-corrected chi connectivity index (χ4v) is 4.50.